The van der Waals surface area contributed by atoms with Crippen molar-refractivity contribution in [1.82, 2.24) is 9.71 Å². The lowest BCUT2D eigenvalue weighted by Crippen LogP contribution is -2.25. The fourth-order valence-electron chi connectivity index (χ4n) is 1.03. The zero-order valence-electron chi connectivity index (χ0n) is 8.36. The van der Waals surface area contributed by atoms with Gasteiger partial charge in [0.1, 0.15) is 0 Å². The van der Waals surface area contributed by atoms with Gasteiger partial charge in [-0.25, -0.2) is 13.1 Å². The molecule has 3 N–H and O–H groups in total. The van der Waals surface area contributed by atoms with E-state index in [-0.39, 0.29) is 11.5 Å². The summed E-state index contributed by atoms with van der Waals surface area (Å²) in [4.78, 5) is 2.84. The van der Waals surface area contributed by atoms with Crippen molar-refractivity contribution in [3.63, 3.8) is 0 Å². The van der Waals surface area contributed by atoms with Gasteiger partial charge in [0.2, 0.25) is 10.0 Å². The van der Waals surface area contributed by atoms with Crippen LogP contribution in [0.3, 0.4) is 0 Å². The van der Waals surface area contributed by atoms with E-state index in [4.69, 9.17) is 5.11 Å². The molecule has 1 aromatic rings. The van der Waals surface area contributed by atoms with Gasteiger partial charge < -0.3 is 10.1 Å². The van der Waals surface area contributed by atoms with E-state index in [0.29, 0.717) is 12.2 Å². The molecule has 0 amide bonds. The molecule has 0 unspecified atom stereocenters. The highest BCUT2D eigenvalue weighted by Crippen LogP contribution is 2.10. The monoisotopic (exact) mass is 250 g/mol. The summed E-state index contributed by atoms with van der Waals surface area (Å²) in [6.07, 6.45) is 3.28. The third-order valence-electron chi connectivity index (χ3n) is 1.80. The normalized spacial score (nSPS) is 11.9. The Morgan fingerprint density at radius 1 is 1.60 bits per heavy atom. The van der Waals surface area contributed by atoms with Crippen LogP contribution >= 0.6 is 11.8 Å². The number of hydrogen-bond acceptors (Lipinski definition) is 4. The average Bonchev–Trinajstić information content (AvgIpc) is 2.66. The van der Waals surface area contributed by atoms with Crippen LogP contribution in [0.1, 0.15) is 5.69 Å². The number of nitrogens with one attached hydrogen (secondary N) is 2. The van der Waals surface area contributed by atoms with Crippen molar-refractivity contribution in [3.8, 4) is 0 Å². The number of thioether (sulfide) groups is 1. The van der Waals surface area contributed by atoms with E-state index in [1.807, 2.05) is 6.26 Å². The van der Waals surface area contributed by atoms with Crippen LogP contribution < -0.4 is 4.72 Å². The third-order valence-corrected chi connectivity index (χ3v) is 3.85. The SMILES string of the molecule is CSCCNS(=O)(=O)c1c[nH]c(CO)c1. The fraction of sp³-hybridized carbons (Fsp3) is 0.500. The molecule has 0 aliphatic rings. The number of aromatic nitrogens is 1. The summed E-state index contributed by atoms with van der Waals surface area (Å²) in [6.45, 7) is 0.212. The number of aliphatic hydroxyl groups is 1. The first-order valence-corrected chi connectivity index (χ1v) is 7.24. The van der Waals surface area contributed by atoms with Crippen LogP contribution in [-0.2, 0) is 16.6 Å². The number of rotatable bonds is 6. The molecule has 0 spiro atoms. The maximum Gasteiger partial charge on any atom is 0.242 e. The van der Waals surface area contributed by atoms with Gasteiger partial charge in [-0.1, -0.05) is 0 Å². The molecule has 0 radical (unpaired) electrons. The van der Waals surface area contributed by atoms with E-state index in [1.165, 1.54) is 12.3 Å². The second-order valence-corrected chi connectivity index (χ2v) is 5.66. The molecule has 0 fully saturated rings. The molecule has 15 heavy (non-hydrogen) atoms. The maximum atomic E-state index is 11.6. The highest BCUT2D eigenvalue weighted by Gasteiger charge is 2.14. The lowest BCUT2D eigenvalue weighted by Gasteiger charge is -2.02. The predicted molar refractivity (Wildman–Crippen MR) is 60.3 cm³/mol. The quantitative estimate of drug-likeness (QED) is 0.628. The molecular weight excluding hydrogens is 236 g/mol. The maximum absolute atomic E-state index is 11.6. The molecule has 7 heteroatoms. The molecule has 1 heterocycles. The van der Waals surface area contributed by atoms with Gasteiger partial charge in [-0.05, 0) is 12.3 Å². The minimum Gasteiger partial charge on any atom is -0.390 e. The van der Waals surface area contributed by atoms with Crippen molar-refractivity contribution in [1.29, 1.82) is 0 Å². The van der Waals surface area contributed by atoms with Gasteiger partial charge in [0, 0.05) is 24.2 Å². The largest absolute Gasteiger partial charge is 0.390 e. The standard InChI is InChI=1S/C8H14N2O3S2/c1-14-3-2-10-15(12,13)8-4-7(6-11)9-5-8/h4-5,9-11H,2-3,6H2,1H3. The van der Waals surface area contributed by atoms with Crippen molar-refractivity contribution in [2.75, 3.05) is 18.6 Å². The molecule has 0 saturated heterocycles. The van der Waals surface area contributed by atoms with E-state index < -0.39 is 10.0 Å². The number of aliphatic hydroxyl groups excluding tert-OH is 1. The van der Waals surface area contributed by atoms with Crippen molar-refractivity contribution >= 4 is 21.8 Å². The molecule has 0 aliphatic carbocycles. The first-order chi connectivity index (χ1) is 7.10. The minimum absolute atomic E-state index is 0.160. The summed E-state index contributed by atoms with van der Waals surface area (Å²) >= 11 is 1.57. The highest BCUT2D eigenvalue weighted by molar-refractivity contribution is 7.98. The lowest BCUT2D eigenvalue weighted by molar-refractivity contribution is 0.277. The van der Waals surface area contributed by atoms with Gasteiger partial charge in [-0.2, -0.15) is 11.8 Å². The van der Waals surface area contributed by atoms with Gasteiger partial charge in [-0.15, -0.1) is 0 Å². The van der Waals surface area contributed by atoms with Crippen molar-refractivity contribution in [2.24, 2.45) is 0 Å². The molecule has 0 saturated carbocycles. The Morgan fingerprint density at radius 2 is 2.33 bits per heavy atom. The average molecular weight is 250 g/mol. The van der Waals surface area contributed by atoms with Crippen molar-refractivity contribution in [2.45, 2.75) is 11.5 Å². The van der Waals surface area contributed by atoms with Crippen LogP contribution in [0.2, 0.25) is 0 Å². The lowest BCUT2D eigenvalue weighted by atomic mass is 10.5. The Morgan fingerprint density at radius 3 is 2.87 bits per heavy atom. The zero-order valence-corrected chi connectivity index (χ0v) is 9.99. The summed E-state index contributed by atoms with van der Waals surface area (Å²) < 4.78 is 25.7. The molecule has 0 bridgehead atoms. The molecule has 86 valence electrons. The molecule has 0 aliphatic heterocycles. The summed E-state index contributed by atoms with van der Waals surface area (Å²) in [7, 11) is -3.43. The fourth-order valence-corrected chi connectivity index (χ4v) is 2.51. The Bertz CT molecular complexity index is 400. The number of hydrogen-bond donors (Lipinski definition) is 3. The van der Waals surface area contributed by atoms with Crippen LogP contribution in [0.25, 0.3) is 0 Å². The predicted octanol–water partition coefficient (Wildman–Crippen LogP) is 0.148. The zero-order chi connectivity index (χ0) is 11.3. The third kappa shape index (κ3) is 3.53. The summed E-state index contributed by atoms with van der Waals surface area (Å²) in [5.41, 5.74) is 0.486. The van der Waals surface area contributed by atoms with Gasteiger partial charge in [-0.3, -0.25) is 0 Å². The van der Waals surface area contributed by atoms with E-state index in [1.54, 1.807) is 11.8 Å². The van der Waals surface area contributed by atoms with E-state index in [2.05, 4.69) is 9.71 Å². The molecule has 0 aromatic carbocycles. The second-order valence-electron chi connectivity index (χ2n) is 2.91. The van der Waals surface area contributed by atoms with Crippen LogP contribution in [0.4, 0.5) is 0 Å². The first kappa shape index (κ1) is 12.6. The minimum atomic E-state index is -3.43. The van der Waals surface area contributed by atoms with Crippen molar-refractivity contribution < 1.29 is 13.5 Å². The van der Waals surface area contributed by atoms with Gasteiger partial charge >= 0.3 is 0 Å². The number of aromatic amines is 1. The topological polar surface area (TPSA) is 82.2 Å². The van der Waals surface area contributed by atoms with Gasteiger partial charge in [0.25, 0.3) is 0 Å². The summed E-state index contributed by atoms with van der Waals surface area (Å²) in [5, 5.41) is 8.78. The Labute approximate surface area is 93.3 Å². The van der Waals surface area contributed by atoms with Crippen LogP contribution in [0.15, 0.2) is 17.2 Å². The van der Waals surface area contributed by atoms with Crippen LogP contribution in [0, 0.1) is 0 Å². The smallest absolute Gasteiger partial charge is 0.242 e. The van der Waals surface area contributed by atoms with E-state index in [9.17, 15) is 8.42 Å². The van der Waals surface area contributed by atoms with Gasteiger partial charge in [0.15, 0.2) is 0 Å². The van der Waals surface area contributed by atoms with Crippen LogP contribution in [-0.4, -0.2) is 37.1 Å². The Kier molecular flexibility index (Phi) is 4.65. The number of H-pyrrole nitrogens is 1. The number of sulfonamides is 1. The van der Waals surface area contributed by atoms with E-state index >= 15 is 0 Å². The molecule has 1 rings (SSSR count). The molecular formula is C8H14N2O3S2. The van der Waals surface area contributed by atoms with Crippen LogP contribution in [0.5, 0.6) is 0 Å². The molecule has 1 aromatic heterocycles. The second kappa shape index (κ2) is 5.55. The summed E-state index contributed by atoms with van der Waals surface area (Å²) in [6, 6.07) is 1.42. The Balaban J connectivity index is 2.68. The van der Waals surface area contributed by atoms with Crippen molar-refractivity contribution in [3.05, 3.63) is 18.0 Å². The molecule has 5 nitrogen and oxygen atoms in total. The van der Waals surface area contributed by atoms with Gasteiger partial charge in [0.05, 0.1) is 11.5 Å². The van der Waals surface area contributed by atoms with E-state index in [0.717, 1.165) is 5.75 Å². The summed E-state index contributed by atoms with van der Waals surface area (Å²) in [5.74, 6) is 0.733. The highest BCUT2D eigenvalue weighted by atomic mass is 32.2. The Hall–Kier alpha value is -0.500. The first-order valence-electron chi connectivity index (χ1n) is 4.37. The molecule has 0 atom stereocenters.